The summed E-state index contributed by atoms with van der Waals surface area (Å²) in [7, 11) is -28.6. The molecule has 0 aromatic heterocycles. The van der Waals surface area contributed by atoms with Crippen LogP contribution in [0.25, 0.3) is 0 Å². The number of nitrogens with one attached hydrogen (secondary N) is 1. The molecule has 85 heavy (non-hydrogen) atoms. The highest BCUT2D eigenvalue weighted by Gasteiger charge is 2.67. The van der Waals surface area contributed by atoms with E-state index in [1.807, 2.05) is 87.7 Å². The average Bonchev–Trinajstić information content (AvgIpc) is 3.28. The van der Waals surface area contributed by atoms with Crippen molar-refractivity contribution >= 4 is 172 Å². The molecule has 0 saturated heterocycles. The normalized spacial score (nSPS) is 10.6. The first-order valence-electron chi connectivity index (χ1n) is 29.0. The first kappa shape index (κ1) is 131. The SMILES string of the molecule is CC.CC.CC.CCCCN.CCCN[Si](C)(C)O[Si](C)(C)O[Si](O[SiH2]O)([SiH2]O)[Si](O)([SiH2]O)[Si](C)(C)C.CCN.C[SiH2][Si](C)=O.C[Si](C)=O.C[Si](C)=O.C[Si](C)=O.C[Si](C)=O.C[Si](C)=O.C[Si](C)=O.C[Si](C)=O.C[Si](C)=O.C[Si](C)=O.C[Si](C)=O. The van der Waals surface area contributed by atoms with Crippen molar-refractivity contribution in [2.45, 2.75) is 271 Å². The summed E-state index contributed by atoms with van der Waals surface area (Å²) in [5.74, 6) is 0. The minimum atomic E-state index is -3.42. The van der Waals surface area contributed by atoms with Crippen molar-refractivity contribution < 1.29 is 80.6 Å². The zero-order valence-electron chi connectivity index (χ0n) is 62.2. The molecule has 0 aromatic rings. The van der Waals surface area contributed by atoms with Crippen molar-refractivity contribution in [3.05, 3.63) is 0 Å². The molecule has 0 aliphatic heterocycles. The zero-order chi connectivity index (χ0) is 73.8. The second kappa shape index (κ2) is 99.3. The predicted molar refractivity (Wildman–Crippen MR) is 407 cm³/mol. The maximum atomic E-state index is 11.6. The Balaban J connectivity index is -0.0000000433. The molecule has 0 fully saturated rings. The second-order valence-electron chi connectivity index (χ2n) is 20.2. The summed E-state index contributed by atoms with van der Waals surface area (Å²) in [6.45, 7) is 69.4. The minimum Gasteiger partial charge on any atom is -0.439 e. The first-order chi connectivity index (χ1) is 38.1. The number of unbranched alkanes of at least 4 members (excludes halogenated alkanes) is 1. The highest BCUT2D eigenvalue weighted by molar-refractivity contribution is 7.86. The van der Waals surface area contributed by atoms with Crippen LogP contribution in [-0.2, 0) is 61.4 Å². The molecule has 0 aliphatic rings. The van der Waals surface area contributed by atoms with Crippen molar-refractivity contribution in [2.24, 2.45) is 11.5 Å². The fraction of sp³-hybridized carbons (Fsp3) is 1.00. The van der Waals surface area contributed by atoms with E-state index in [1.54, 1.807) is 131 Å². The Morgan fingerprint density at radius 1 is 0.435 bits per heavy atom. The molecule has 0 radical (unpaired) electrons. The maximum Gasteiger partial charge on any atom is 0.331 e. The molecule has 0 aromatic carbocycles. The topological polar surface area (TPSA) is 360 Å². The van der Waals surface area contributed by atoms with Gasteiger partial charge in [0.1, 0.15) is 0 Å². The summed E-state index contributed by atoms with van der Waals surface area (Å²) in [6.07, 6.45) is 3.39. The molecule has 0 rings (SSSR count). The lowest BCUT2D eigenvalue weighted by molar-refractivity contribution is 0.325. The summed E-state index contributed by atoms with van der Waals surface area (Å²) in [4.78, 5) is 45.3. The van der Waals surface area contributed by atoms with Crippen LogP contribution in [-0.4, -0.2) is 211 Å². The van der Waals surface area contributed by atoms with Crippen LogP contribution in [0.15, 0.2) is 0 Å². The van der Waals surface area contributed by atoms with E-state index in [4.69, 9.17) is 23.8 Å². The van der Waals surface area contributed by atoms with Crippen molar-refractivity contribution in [1.29, 1.82) is 0 Å². The van der Waals surface area contributed by atoms with E-state index in [0.717, 1.165) is 26.1 Å². The molecule has 2 atom stereocenters. The monoisotopic (exact) mass is 1560 g/mol. The van der Waals surface area contributed by atoms with Gasteiger partial charge in [0.15, 0.2) is 9.28 Å². The predicted octanol–water partition coefficient (Wildman–Crippen LogP) is 7.67. The first-order valence-corrected chi connectivity index (χ1v) is 80.9. The molecule has 0 heterocycles. The van der Waals surface area contributed by atoms with Crippen molar-refractivity contribution in [3.8, 4) is 0 Å². The lowest BCUT2D eigenvalue weighted by atomic mass is 10.3. The van der Waals surface area contributed by atoms with Gasteiger partial charge < -0.3 is 97.1 Å². The lowest BCUT2D eigenvalue weighted by Gasteiger charge is -2.49. The van der Waals surface area contributed by atoms with Crippen molar-refractivity contribution in [3.63, 3.8) is 0 Å². The fourth-order valence-electron chi connectivity index (χ4n) is 3.17. The highest BCUT2D eigenvalue weighted by atomic mass is 30.0. The van der Waals surface area contributed by atoms with Gasteiger partial charge in [-0.25, -0.2) is 0 Å². The third-order valence-electron chi connectivity index (χ3n) is 5.37. The third kappa shape index (κ3) is 234. The summed E-state index contributed by atoms with van der Waals surface area (Å²) >= 11 is 0. The number of nitrogens with two attached hydrogens (primary N) is 2. The van der Waals surface area contributed by atoms with Gasteiger partial charge in [-0.1, -0.05) is 94.9 Å². The molecule has 21 nitrogen and oxygen atoms in total. The Kier molecular flexibility index (Phi) is 153. The van der Waals surface area contributed by atoms with Gasteiger partial charge in [0.25, 0.3) is 105 Å². The van der Waals surface area contributed by atoms with Crippen LogP contribution < -0.4 is 16.4 Å². The van der Waals surface area contributed by atoms with Crippen molar-refractivity contribution in [1.82, 2.24) is 4.98 Å². The van der Waals surface area contributed by atoms with Crippen LogP contribution in [0.3, 0.4) is 0 Å². The van der Waals surface area contributed by atoms with E-state index in [2.05, 4.69) is 38.5 Å². The molecule has 0 bridgehead atoms. The number of rotatable bonds is 16. The van der Waals surface area contributed by atoms with E-state index < -0.39 is 163 Å². The van der Waals surface area contributed by atoms with Gasteiger partial charge in [-0.05, 0) is 196 Å². The van der Waals surface area contributed by atoms with Gasteiger partial charge in [0.2, 0.25) is 24.4 Å². The molecular formula is C44H143N3O18Si20. The summed E-state index contributed by atoms with van der Waals surface area (Å²) < 4.78 is 125. The molecule has 41 heteroatoms. The standard InChI is InChI=1S/C10H39NO7Si8.C4H11N.C2H7N.C2H8OSi2.10C2H6OSi.3C2H6/c1-9-10-11-23(5,6)17-24(7,8)18-26(21-14,16-19-12)25(15,20-13)22(2,3)4;1-2-3-4-5;1-2-3;1-4-5(2)3;10*1-4(2)3;3*1-2/h11-15H,9-10,19-21H2,1-8H3;2-5H2,1H3;2-3H2,1H3;4H2,1-2H3;10*1-2H3;3*1-2H3. The number of hydrogen-bond donors (Lipinski definition) is 7. The Hall–Kier alpha value is 1.74. The summed E-state index contributed by atoms with van der Waals surface area (Å²) in [5.41, 5.74) is 9.99. The largest absolute Gasteiger partial charge is 0.439 e. The Morgan fingerprint density at radius 3 is 0.753 bits per heavy atom. The molecular weight excluding hydrogens is 1420 g/mol. The number of hydrogen-bond acceptors (Lipinski definition) is 21. The van der Waals surface area contributed by atoms with E-state index in [9.17, 15) is 68.3 Å². The quantitative estimate of drug-likeness (QED) is 0.0728. The van der Waals surface area contributed by atoms with Crippen LogP contribution in [0.5, 0.6) is 0 Å². The fourth-order valence-corrected chi connectivity index (χ4v) is 86.7. The van der Waals surface area contributed by atoms with Gasteiger partial charge in [0.05, 0.1) is 16.6 Å². The smallest absolute Gasteiger partial charge is 0.331 e. The lowest BCUT2D eigenvalue weighted by Crippen LogP contribution is -2.85. The van der Waals surface area contributed by atoms with E-state index in [1.165, 1.54) is 12.8 Å². The minimum absolute atomic E-state index is 0.105. The molecule has 2 unspecified atom stereocenters. The van der Waals surface area contributed by atoms with E-state index in [-0.39, 0.29) is 9.04 Å². The van der Waals surface area contributed by atoms with E-state index >= 15 is 0 Å². The second-order valence-corrected chi connectivity index (χ2v) is 90.5. The molecule has 9 N–H and O–H groups in total. The Labute approximate surface area is 555 Å². The van der Waals surface area contributed by atoms with Gasteiger partial charge in [-0.3, -0.25) is 0 Å². The molecule has 0 saturated carbocycles. The molecule has 0 spiro atoms. The zero-order valence-corrected chi connectivity index (χ0v) is 83.9. The average molecular weight is 1560 g/mol. The maximum absolute atomic E-state index is 11.6. The summed E-state index contributed by atoms with van der Waals surface area (Å²) in [6, 6.07) is 0. The van der Waals surface area contributed by atoms with Gasteiger partial charge in [-0.2, -0.15) is 0 Å². The van der Waals surface area contributed by atoms with Crippen molar-refractivity contribution in [2.75, 3.05) is 19.6 Å². The van der Waals surface area contributed by atoms with Gasteiger partial charge >= 0.3 is 16.2 Å². The molecule has 522 valence electrons. The van der Waals surface area contributed by atoms with Crippen LogP contribution >= 0.6 is 0 Å². The molecule has 0 aliphatic carbocycles. The van der Waals surface area contributed by atoms with Gasteiger partial charge in [-0.15, -0.1) is 0 Å². The summed E-state index contributed by atoms with van der Waals surface area (Å²) in [5, 5.41) is 0. The highest BCUT2D eigenvalue weighted by Crippen LogP contribution is 2.30. The Bertz CT molecular complexity index is 1330. The van der Waals surface area contributed by atoms with E-state index in [0.29, 0.717) is 0 Å². The molecule has 0 amide bonds. The van der Waals surface area contributed by atoms with Gasteiger partial charge in [0, 0.05) is 0 Å². The Morgan fingerprint density at radius 2 is 0.647 bits per heavy atom. The van der Waals surface area contributed by atoms with Crippen LogP contribution in [0.1, 0.15) is 81.6 Å². The van der Waals surface area contributed by atoms with Crippen LogP contribution in [0.2, 0.25) is 190 Å². The van der Waals surface area contributed by atoms with Crippen LogP contribution in [0, 0.1) is 0 Å². The van der Waals surface area contributed by atoms with Crippen LogP contribution in [0.4, 0.5) is 0 Å². The third-order valence-corrected chi connectivity index (χ3v) is 85.7.